The van der Waals surface area contributed by atoms with E-state index < -0.39 is 24.5 Å². The van der Waals surface area contributed by atoms with E-state index in [1.165, 1.54) is 12.7 Å². The van der Waals surface area contributed by atoms with Gasteiger partial charge in [0, 0.05) is 5.92 Å². The van der Waals surface area contributed by atoms with Crippen LogP contribution in [0, 0.1) is 5.92 Å². The standard InChI is InChI=1S/C13H19N5O3/c1-3-7(19)10-6(2)9(20)13(21-10)18-5-17-8-11(14)15-4-16-12(8)18/h4-7,9-10,13,19-20H,3H2,1-2H3,(H2,14,15,16). The van der Waals surface area contributed by atoms with E-state index in [0.717, 1.165) is 0 Å². The van der Waals surface area contributed by atoms with E-state index in [2.05, 4.69) is 15.0 Å². The quantitative estimate of drug-likeness (QED) is 0.732. The summed E-state index contributed by atoms with van der Waals surface area (Å²) in [5.41, 5.74) is 6.73. The molecule has 5 atom stereocenters. The third-order valence-electron chi connectivity index (χ3n) is 4.10. The Balaban J connectivity index is 1.98. The molecule has 8 heteroatoms. The van der Waals surface area contributed by atoms with E-state index in [4.69, 9.17) is 10.5 Å². The molecule has 0 bridgehead atoms. The Morgan fingerprint density at radius 2 is 2.19 bits per heavy atom. The van der Waals surface area contributed by atoms with Crippen LogP contribution in [0.2, 0.25) is 0 Å². The number of rotatable bonds is 3. The zero-order valence-corrected chi connectivity index (χ0v) is 11.9. The first-order chi connectivity index (χ1) is 10.0. The number of aliphatic hydroxyl groups excluding tert-OH is 2. The number of hydrogen-bond acceptors (Lipinski definition) is 7. The average Bonchev–Trinajstić information content (AvgIpc) is 3.02. The lowest BCUT2D eigenvalue weighted by atomic mass is 9.95. The summed E-state index contributed by atoms with van der Waals surface area (Å²) in [5, 5.41) is 20.4. The smallest absolute Gasteiger partial charge is 0.167 e. The van der Waals surface area contributed by atoms with Crippen LogP contribution in [0.5, 0.6) is 0 Å². The van der Waals surface area contributed by atoms with Gasteiger partial charge in [-0.3, -0.25) is 4.57 Å². The molecule has 0 aliphatic carbocycles. The van der Waals surface area contributed by atoms with E-state index in [1.54, 1.807) is 4.57 Å². The highest BCUT2D eigenvalue weighted by Crippen LogP contribution is 2.37. The lowest BCUT2D eigenvalue weighted by Crippen LogP contribution is -2.31. The molecule has 0 radical (unpaired) electrons. The number of nitrogen functional groups attached to an aromatic ring is 1. The van der Waals surface area contributed by atoms with Gasteiger partial charge in [-0.2, -0.15) is 0 Å². The first-order valence-electron chi connectivity index (χ1n) is 6.99. The molecule has 3 heterocycles. The van der Waals surface area contributed by atoms with Crippen molar-refractivity contribution in [3.63, 3.8) is 0 Å². The summed E-state index contributed by atoms with van der Waals surface area (Å²) in [5.74, 6) is 0.0889. The fraction of sp³-hybridized carbons (Fsp3) is 0.615. The number of ether oxygens (including phenoxy) is 1. The topological polar surface area (TPSA) is 119 Å². The molecule has 0 saturated carbocycles. The number of aromatic nitrogens is 4. The Labute approximate surface area is 121 Å². The zero-order valence-electron chi connectivity index (χ0n) is 11.9. The molecule has 0 spiro atoms. The van der Waals surface area contributed by atoms with E-state index in [1.807, 2.05) is 13.8 Å². The maximum Gasteiger partial charge on any atom is 0.167 e. The van der Waals surface area contributed by atoms with Crippen molar-refractivity contribution < 1.29 is 14.9 Å². The van der Waals surface area contributed by atoms with Crippen LogP contribution in [-0.4, -0.2) is 48.0 Å². The van der Waals surface area contributed by atoms with Crippen LogP contribution < -0.4 is 5.73 Å². The lowest BCUT2D eigenvalue weighted by molar-refractivity contribution is -0.0770. The Kier molecular flexibility index (Phi) is 3.52. The Morgan fingerprint density at radius 3 is 2.90 bits per heavy atom. The van der Waals surface area contributed by atoms with Crippen molar-refractivity contribution in [1.29, 1.82) is 0 Å². The van der Waals surface area contributed by atoms with Crippen molar-refractivity contribution in [1.82, 2.24) is 19.5 Å². The van der Waals surface area contributed by atoms with E-state index in [9.17, 15) is 10.2 Å². The molecular weight excluding hydrogens is 274 g/mol. The monoisotopic (exact) mass is 293 g/mol. The van der Waals surface area contributed by atoms with Gasteiger partial charge in [0.25, 0.3) is 0 Å². The van der Waals surface area contributed by atoms with Crippen LogP contribution in [0.1, 0.15) is 26.5 Å². The molecule has 114 valence electrons. The number of hydrogen-bond donors (Lipinski definition) is 3. The van der Waals surface area contributed by atoms with Crippen molar-refractivity contribution in [2.24, 2.45) is 5.92 Å². The van der Waals surface area contributed by atoms with E-state index in [-0.39, 0.29) is 11.7 Å². The third kappa shape index (κ3) is 2.15. The zero-order chi connectivity index (χ0) is 15.1. The molecule has 1 fully saturated rings. The van der Waals surface area contributed by atoms with Gasteiger partial charge < -0.3 is 20.7 Å². The maximum atomic E-state index is 10.4. The fourth-order valence-corrected chi connectivity index (χ4v) is 2.78. The second-order valence-electron chi connectivity index (χ2n) is 5.40. The van der Waals surface area contributed by atoms with Gasteiger partial charge in [0.2, 0.25) is 0 Å². The molecule has 1 saturated heterocycles. The first-order valence-corrected chi connectivity index (χ1v) is 6.99. The summed E-state index contributed by atoms with van der Waals surface area (Å²) < 4.78 is 7.49. The van der Waals surface area contributed by atoms with Crippen LogP contribution >= 0.6 is 0 Å². The van der Waals surface area contributed by atoms with Crippen LogP contribution in [0.4, 0.5) is 5.82 Å². The van der Waals surface area contributed by atoms with Gasteiger partial charge in [-0.15, -0.1) is 0 Å². The van der Waals surface area contributed by atoms with Crippen molar-refractivity contribution in [2.45, 2.75) is 44.8 Å². The van der Waals surface area contributed by atoms with Gasteiger partial charge >= 0.3 is 0 Å². The van der Waals surface area contributed by atoms with Gasteiger partial charge in [-0.25, -0.2) is 15.0 Å². The molecule has 0 aromatic carbocycles. The number of fused-ring (bicyclic) bond motifs is 1. The first kappa shape index (κ1) is 14.2. The molecule has 21 heavy (non-hydrogen) atoms. The second kappa shape index (κ2) is 5.21. The normalized spacial score (nSPS) is 30.9. The highest BCUT2D eigenvalue weighted by atomic mass is 16.5. The van der Waals surface area contributed by atoms with Gasteiger partial charge in [0.1, 0.15) is 17.9 Å². The van der Waals surface area contributed by atoms with Crippen LogP contribution in [-0.2, 0) is 4.74 Å². The summed E-state index contributed by atoms with van der Waals surface area (Å²) in [6.07, 6.45) is 0.987. The molecular formula is C13H19N5O3. The highest BCUT2D eigenvalue weighted by molar-refractivity contribution is 5.81. The molecule has 5 unspecified atom stereocenters. The summed E-state index contributed by atoms with van der Waals surface area (Å²) in [7, 11) is 0. The predicted molar refractivity (Wildman–Crippen MR) is 75.1 cm³/mol. The van der Waals surface area contributed by atoms with Crippen LogP contribution in [0.3, 0.4) is 0 Å². The lowest BCUT2D eigenvalue weighted by Gasteiger charge is -2.20. The van der Waals surface area contributed by atoms with Crippen LogP contribution in [0.15, 0.2) is 12.7 Å². The van der Waals surface area contributed by atoms with Crippen molar-refractivity contribution in [2.75, 3.05) is 5.73 Å². The van der Waals surface area contributed by atoms with E-state index >= 15 is 0 Å². The Morgan fingerprint density at radius 1 is 1.43 bits per heavy atom. The Hall–Kier alpha value is -1.77. The molecule has 1 aliphatic rings. The number of anilines is 1. The summed E-state index contributed by atoms with van der Waals surface area (Å²) >= 11 is 0. The Bertz CT molecular complexity index is 646. The summed E-state index contributed by atoms with van der Waals surface area (Å²) in [6, 6.07) is 0. The number of nitrogens with zero attached hydrogens (tertiary/aromatic N) is 4. The molecule has 2 aromatic rings. The summed E-state index contributed by atoms with van der Waals surface area (Å²) in [4.78, 5) is 12.2. The molecule has 3 rings (SSSR count). The largest absolute Gasteiger partial charge is 0.390 e. The minimum absolute atomic E-state index is 0.193. The molecule has 1 aliphatic heterocycles. The van der Waals surface area contributed by atoms with Crippen LogP contribution in [0.25, 0.3) is 11.2 Å². The minimum Gasteiger partial charge on any atom is -0.390 e. The minimum atomic E-state index is -0.759. The number of imidazole rings is 1. The average molecular weight is 293 g/mol. The molecule has 0 amide bonds. The molecule has 4 N–H and O–H groups in total. The third-order valence-corrected chi connectivity index (χ3v) is 4.10. The summed E-state index contributed by atoms with van der Waals surface area (Å²) in [6.45, 7) is 3.73. The number of aliphatic hydroxyl groups is 2. The second-order valence-corrected chi connectivity index (χ2v) is 5.40. The van der Waals surface area contributed by atoms with Gasteiger partial charge in [0.05, 0.1) is 18.5 Å². The van der Waals surface area contributed by atoms with Gasteiger partial charge in [-0.05, 0) is 6.42 Å². The van der Waals surface area contributed by atoms with Crippen molar-refractivity contribution in [3.8, 4) is 0 Å². The van der Waals surface area contributed by atoms with Gasteiger partial charge in [-0.1, -0.05) is 13.8 Å². The SMILES string of the molecule is CCC(O)C1OC(n2cnc3c(N)ncnc32)C(O)C1C. The maximum absolute atomic E-state index is 10.4. The van der Waals surface area contributed by atoms with E-state index in [0.29, 0.717) is 17.6 Å². The fourth-order valence-electron chi connectivity index (χ4n) is 2.78. The molecule has 2 aromatic heterocycles. The predicted octanol–water partition coefficient (Wildman–Crippen LogP) is 0.0738. The van der Waals surface area contributed by atoms with Crippen molar-refractivity contribution >= 4 is 17.0 Å². The number of nitrogens with two attached hydrogens (primary N) is 1. The highest BCUT2D eigenvalue weighted by Gasteiger charge is 2.45. The van der Waals surface area contributed by atoms with Crippen molar-refractivity contribution in [3.05, 3.63) is 12.7 Å². The van der Waals surface area contributed by atoms with Gasteiger partial charge in [0.15, 0.2) is 17.7 Å². The molecule has 8 nitrogen and oxygen atoms in total.